The summed E-state index contributed by atoms with van der Waals surface area (Å²) in [5.74, 6) is -3.65. The summed E-state index contributed by atoms with van der Waals surface area (Å²) >= 11 is 0. The minimum Gasteiger partial charge on any atom is -0.477 e. The molecular formula is C11H8F2N2O3. The van der Waals surface area contributed by atoms with E-state index >= 15 is 0 Å². The van der Waals surface area contributed by atoms with E-state index in [1.165, 1.54) is 4.57 Å². The lowest BCUT2D eigenvalue weighted by molar-refractivity contribution is 0.0695. The summed E-state index contributed by atoms with van der Waals surface area (Å²) in [7, 11) is 0. The first-order valence-electron chi connectivity index (χ1n) is 5.08. The van der Waals surface area contributed by atoms with E-state index < -0.39 is 34.1 Å². The molecule has 0 spiro atoms. The van der Waals surface area contributed by atoms with E-state index in [-0.39, 0.29) is 12.2 Å². The van der Waals surface area contributed by atoms with Crippen LogP contribution in [0.15, 0.2) is 17.1 Å². The van der Waals surface area contributed by atoms with Gasteiger partial charge in [0.2, 0.25) is 11.4 Å². The Bertz CT molecular complexity index is 709. The molecule has 0 aliphatic heterocycles. The highest BCUT2D eigenvalue weighted by Gasteiger charge is 2.18. The fourth-order valence-corrected chi connectivity index (χ4v) is 1.69. The summed E-state index contributed by atoms with van der Waals surface area (Å²) in [5.41, 5.74) is -1.78. The van der Waals surface area contributed by atoms with Crippen LogP contribution >= 0.6 is 0 Å². The Hall–Kier alpha value is -2.31. The SMILES string of the molecule is CCn1cc(C(=O)O)c(=O)c2c(F)cc(F)nc21. The normalized spacial score (nSPS) is 10.8. The molecule has 2 aromatic rings. The Morgan fingerprint density at radius 2 is 2.17 bits per heavy atom. The molecular weight excluding hydrogens is 246 g/mol. The molecule has 0 atom stereocenters. The zero-order chi connectivity index (χ0) is 13.4. The number of pyridine rings is 2. The Balaban J connectivity index is 3.04. The molecule has 0 aliphatic carbocycles. The van der Waals surface area contributed by atoms with Gasteiger partial charge < -0.3 is 9.67 Å². The number of carbonyl (C=O) groups is 1. The number of aromatic carboxylic acids is 1. The molecule has 0 aromatic carbocycles. The van der Waals surface area contributed by atoms with Gasteiger partial charge in [0.1, 0.15) is 22.4 Å². The number of hydrogen-bond donors (Lipinski definition) is 1. The number of hydrogen-bond acceptors (Lipinski definition) is 3. The highest BCUT2D eigenvalue weighted by Crippen LogP contribution is 2.14. The highest BCUT2D eigenvalue weighted by atomic mass is 19.1. The van der Waals surface area contributed by atoms with E-state index in [1.807, 2.05) is 0 Å². The van der Waals surface area contributed by atoms with E-state index in [0.717, 1.165) is 6.20 Å². The zero-order valence-corrected chi connectivity index (χ0v) is 9.28. The van der Waals surface area contributed by atoms with Crippen LogP contribution in [0.1, 0.15) is 17.3 Å². The van der Waals surface area contributed by atoms with Gasteiger partial charge >= 0.3 is 5.97 Å². The van der Waals surface area contributed by atoms with E-state index in [1.54, 1.807) is 6.92 Å². The summed E-state index contributed by atoms with van der Waals surface area (Å²) < 4.78 is 27.8. The predicted octanol–water partition coefficient (Wildman–Crippen LogP) is 1.39. The first-order chi connectivity index (χ1) is 8.45. The minimum atomic E-state index is -1.46. The molecule has 1 N–H and O–H groups in total. The number of aryl methyl sites for hydroxylation is 1. The van der Waals surface area contributed by atoms with Crippen LogP contribution in [-0.4, -0.2) is 20.6 Å². The summed E-state index contributed by atoms with van der Waals surface area (Å²) in [4.78, 5) is 26.1. The number of fused-ring (bicyclic) bond motifs is 1. The average Bonchev–Trinajstić information content (AvgIpc) is 2.27. The number of aromatic nitrogens is 2. The number of rotatable bonds is 2. The molecule has 2 heterocycles. The van der Waals surface area contributed by atoms with Crippen molar-refractivity contribution in [2.75, 3.05) is 0 Å². The van der Waals surface area contributed by atoms with Crippen molar-refractivity contribution in [2.45, 2.75) is 13.5 Å². The Labute approximate surface area is 99.3 Å². The summed E-state index contributed by atoms with van der Waals surface area (Å²) in [6.45, 7) is 1.87. The molecule has 18 heavy (non-hydrogen) atoms. The van der Waals surface area contributed by atoms with Crippen LogP contribution in [0.3, 0.4) is 0 Å². The van der Waals surface area contributed by atoms with Crippen LogP contribution in [0.2, 0.25) is 0 Å². The third-order valence-electron chi connectivity index (χ3n) is 2.52. The van der Waals surface area contributed by atoms with Crippen LogP contribution in [0, 0.1) is 11.8 Å². The molecule has 0 unspecified atom stereocenters. The monoisotopic (exact) mass is 254 g/mol. The minimum absolute atomic E-state index is 0.204. The van der Waals surface area contributed by atoms with Crippen LogP contribution in [0.5, 0.6) is 0 Å². The van der Waals surface area contributed by atoms with Crippen molar-refractivity contribution in [3.05, 3.63) is 39.8 Å². The molecule has 0 aliphatic rings. The van der Waals surface area contributed by atoms with E-state index in [9.17, 15) is 18.4 Å². The summed E-state index contributed by atoms with van der Waals surface area (Å²) in [5, 5.41) is 8.34. The summed E-state index contributed by atoms with van der Waals surface area (Å²) in [6, 6.07) is 0.454. The number of carboxylic acid groups (broad SMARTS) is 1. The molecule has 94 valence electrons. The standard InChI is InChI=1S/C11H8F2N2O3/c1-2-15-4-5(11(17)18)9(16)8-6(12)3-7(13)14-10(8)15/h3-4H,2H2,1H3,(H,17,18). The lowest BCUT2D eigenvalue weighted by atomic mass is 10.2. The van der Waals surface area contributed by atoms with Crippen molar-refractivity contribution in [1.82, 2.24) is 9.55 Å². The smallest absolute Gasteiger partial charge is 0.341 e. The Kier molecular flexibility index (Phi) is 2.82. The third-order valence-corrected chi connectivity index (χ3v) is 2.52. The number of nitrogens with zero attached hydrogens (tertiary/aromatic N) is 2. The van der Waals surface area contributed by atoms with Gasteiger partial charge in [0.05, 0.1) is 0 Å². The molecule has 0 bridgehead atoms. The highest BCUT2D eigenvalue weighted by molar-refractivity contribution is 5.91. The first kappa shape index (κ1) is 12.2. The second kappa shape index (κ2) is 4.17. The van der Waals surface area contributed by atoms with Gasteiger partial charge in [-0.3, -0.25) is 4.79 Å². The Morgan fingerprint density at radius 1 is 1.50 bits per heavy atom. The third kappa shape index (κ3) is 1.73. The maximum absolute atomic E-state index is 13.6. The molecule has 5 nitrogen and oxygen atoms in total. The van der Waals surface area contributed by atoms with E-state index in [4.69, 9.17) is 5.11 Å². The van der Waals surface area contributed by atoms with Crippen molar-refractivity contribution in [1.29, 1.82) is 0 Å². The van der Waals surface area contributed by atoms with Crippen molar-refractivity contribution in [3.8, 4) is 0 Å². The zero-order valence-electron chi connectivity index (χ0n) is 9.28. The molecule has 0 fully saturated rings. The molecule has 0 amide bonds. The van der Waals surface area contributed by atoms with Gasteiger partial charge in [0.15, 0.2) is 0 Å². The van der Waals surface area contributed by atoms with Gasteiger partial charge in [0, 0.05) is 18.8 Å². The second-order valence-corrected chi connectivity index (χ2v) is 3.59. The Morgan fingerprint density at radius 3 is 2.72 bits per heavy atom. The van der Waals surface area contributed by atoms with E-state index in [2.05, 4.69) is 4.98 Å². The first-order valence-corrected chi connectivity index (χ1v) is 5.08. The van der Waals surface area contributed by atoms with Crippen LogP contribution < -0.4 is 5.43 Å². The van der Waals surface area contributed by atoms with Crippen molar-refractivity contribution < 1.29 is 18.7 Å². The van der Waals surface area contributed by atoms with Crippen LogP contribution in [-0.2, 0) is 6.54 Å². The van der Waals surface area contributed by atoms with E-state index in [0.29, 0.717) is 6.07 Å². The van der Waals surface area contributed by atoms with Gasteiger partial charge in [-0.2, -0.15) is 4.39 Å². The van der Waals surface area contributed by atoms with Gasteiger partial charge in [0.25, 0.3) is 0 Å². The molecule has 2 aromatic heterocycles. The fourth-order valence-electron chi connectivity index (χ4n) is 1.69. The number of carboxylic acids is 1. The maximum Gasteiger partial charge on any atom is 0.341 e. The largest absolute Gasteiger partial charge is 0.477 e. The molecule has 0 radical (unpaired) electrons. The summed E-state index contributed by atoms with van der Waals surface area (Å²) in [6.07, 6.45) is 1.03. The topological polar surface area (TPSA) is 72.2 Å². The van der Waals surface area contributed by atoms with Crippen molar-refractivity contribution >= 4 is 17.0 Å². The van der Waals surface area contributed by atoms with Gasteiger partial charge in [-0.1, -0.05) is 0 Å². The van der Waals surface area contributed by atoms with Crippen LogP contribution in [0.4, 0.5) is 8.78 Å². The quantitative estimate of drug-likeness (QED) is 0.822. The van der Waals surface area contributed by atoms with Crippen LogP contribution in [0.25, 0.3) is 11.0 Å². The van der Waals surface area contributed by atoms with Gasteiger partial charge in [-0.15, -0.1) is 0 Å². The fraction of sp³-hybridized carbons (Fsp3) is 0.182. The average molecular weight is 254 g/mol. The van der Waals surface area contributed by atoms with Crippen molar-refractivity contribution in [3.63, 3.8) is 0 Å². The number of halogens is 2. The molecule has 0 saturated carbocycles. The lowest BCUT2D eigenvalue weighted by Gasteiger charge is -2.09. The lowest BCUT2D eigenvalue weighted by Crippen LogP contribution is -2.20. The predicted molar refractivity (Wildman–Crippen MR) is 58.6 cm³/mol. The second-order valence-electron chi connectivity index (χ2n) is 3.59. The maximum atomic E-state index is 13.6. The van der Waals surface area contributed by atoms with Gasteiger partial charge in [-0.25, -0.2) is 14.2 Å². The molecule has 0 saturated heterocycles. The van der Waals surface area contributed by atoms with Crippen molar-refractivity contribution in [2.24, 2.45) is 0 Å². The van der Waals surface area contributed by atoms with Gasteiger partial charge in [-0.05, 0) is 6.92 Å². The molecule has 7 heteroatoms. The molecule has 2 rings (SSSR count).